The van der Waals surface area contributed by atoms with Crippen molar-refractivity contribution in [2.75, 3.05) is 17.3 Å². The van der Waals surface area contributed by atoms with Crippen LogP contribution < -0.4 is 5.73 Å². The van der Waals surface area contributed by atoms with Crippen LogP contribution in [0.2, 0.25) is 0 Å². The van der Waals surface area contributed by atoms with Crippen molar-refractivity contribution in [1.82, 2.24) is 0 Å². The van der Waals surface area contributed by atoms with Crippen molar-refractivity contribution in [2.45, 2.75) is 16.4 Å². The maximum atomic E-state index is 6.18. The summed E-state index contributed by atoms with van der Waals surface area (Å²) in [5.41, 5.74) is 7.58. The number of thioether (sulfide) groups is 3. The van der Waals surface area contributed by atoms with Crippen LogP contribution in [0.4, 0.5) is 0 Å². The Morgan fingerprint density at radius 3 is 2.62 bits per heavy atom. The third-order valence-electron chi connectivity index (χ3n) is 2.42. The summed E-state index contributed by atoms with van der Waals surface area (Å²) in [6.45, 7) is 0. The Hall–Kier alpha value is 0.230. The second-order valence-electron chi connectivity index (χ2n) is 3.77. The Labute approximate surface area is 110 Å². The molecule has 0 aliphatic carbocycles. The van der Waals surface area contributed by atoms with Gasteiger partial charge in [-0.1, -0.05) is 30.3 Å². The van der Waals surface area contributed by atoms with Gasteiger partial charge < -0.3 is 5.73 Å². The minimum atomic E-state index is 0.339. The molecule has 1 saturated heterocycles. The topological polar surface area (TPSA) is 26.0 Å². The lowest BCUT2D eigenvalue weighted by Gasteiger charge is -2.16. The summed E-state index contributed by atoms with van der Waals surface area (Å²) in [7, 11) is 0. The minimum Gasteiger partial charge on any atom is -0.325 e. The van der Waals surface area contributed by atoms with Crippen molar-refractivity contribution in [3.8, 4) is 0 Å². The number of hydrogen-bond donors (Lipinski definition) is 1. The first-order valence-electron chi connectivity index (χ1n) is 5.47. The second-order valence-corrected chi connectivity index (χ2v) is 7.60. The molecule has 0 saturated carbocycles. The third-order valence-corrected chi connectivity index (χ3v) is 6.89. The maximum absolute atomic E-state index is 6.18. The Kier molecular flexibility index (Phi) is 5.42. The number of hydrogen-bond acceptors (Lipinski definition) is 4. The third kappa shape index (κ3) is 3.91. The molecule has 0 aromatic heterocycles. The summed E-state index contributed by atoms with van der Waals surface area (Å²) in [6.07, 6.45) is 0. The highest BCUT2D eigenvalue weighted by Gasteiger charge is 2.22. The molecule has 2 rings (SSSR count). The van der Waals surface area contributed by atoms with E-state index >= 15 is 0 Å². The average Bonchev–Trinajstić information content (AvgIpc) is 2.84. The van der Waals surface area contributed by atoms with Crippen molar-refractivity contribution >= 4 is 35.3 Å². The van der Waals surface area contributed by atoms with Crippen LogP contribution in [0, 0.1) is 0 Å². The van der Waals surface area contributed by atoms with Gasteiger partial charge >= 0.3 is 0 Å². The van der Waals surface area contributed by atoms with E-state index in [1.54, 1.807) is 0 Å². The second kappa shape index (κ2) is 6.84. The van der Waals surface area contributed by atoms with E-state index in [9.17, 15) is 0 Å². The Balaban J connectivity index is 1.67. The molecular weight excluding hydrogens is 254 g/mol. The molecule has 1 atom stereocenters. The predicted octanol–water partition coefficient (Wildman–Crippen LogP) is 3.05. The molecule has 0 amide bonds. The summed E-state index contributed by atoms with van der Waals surface area (Å²) in [4.78, 5) is 0. The van der Waals surface area contributed by atoms with E-state index in [4.69, 9.17) is 5.73 Å². The van der Waals surface area contributed by atoms with Gasteiger partial charge in [0.25, 0.3) is 0 Å². The number of nitrogens with two attached hydrogens (primary N) is 1. The molecule has 4 heteroatoms. The molecule has 1 nitrogen and oxygen atoms in total. The highest BCUT2D eigenvalue weighted by molar-refractivity contribution is 8.20. The summed E-state index contributed by atoms with van der Waals surface area (Å²) in [5.74, 6) is 4.69. The summed E-state index contributed by atoms with van der Waals surface area (Å²) in [5, 5.41) is 0. The molecule has 16 heavy (non-hydrogen) atoms. The van der Waals surface area contributed by atoms with Crippen molar-refractivity contribution in [3.05, 3.63) is 35.9 Å². The monoisotopic (exact) mass is 271 g/mol. The van der Waals surface area contributed by atoms with Gasteiger partial charge in [0, 0.05) is 29.1 Å². The van der Waals surface area contributed by atoms with Gasteiger partial charge in [0.05, 0.1) is 4.58 Å². The van der Waals surface area contributed by atoms with Crippen LogP contribution >= 0.6 is 35.3 Å². The number of rotatable bonds is 5. The van der Waals surface area contributed by atoms with Crippen LogP contribution in [0.3, 0.4) is 0 Å². The predicted molar refractivity (Wildman–Crippen MR) is 79.3 cm³/mol. The molecule has 1 heterocycles. The van der Waals surface area contributed by atoms with Crippen molar-refractivity contribution in [3.63, 3.8) is 0 Å². The van der Waals surface area contributed by atoms with Crippen molar-refractivity contribution in [2.24, 2.45) is 5.73 Å². The standard InChI is InChI=1S/C12H17NS3/c13-11(12-15-6-7-16-12)9-14-8-10-4-2-1-3-5-10/h1-5,11-12H,6-9,13H2/t11-/m1/s1. The molecule has 0 spiro atoms. The normalized spacial score (nSPS) is 18.8. The van der Waals surface area contributed by atoms with Crippen molar-refractivity contribution < 1.29 is 0 Å². The number of benzene rings is 1. The van der Waals surface area contributed by atoms with Crippen LogP contribution in [-0.4, -0.2) is 27.9 Å². The van der Waals surface area contributed by atoms with E-state index in [0.29, 0.717) is 10.6 Å². The molecule has 1 aromatic rings. The first-order valence-corrected chi connectivity index (χ1v) is 8.72. The molecule has 88 valence electrons. The highest BCUT2D eigenvalue weighted by Crippen LogP contribution is 2.34. The van der Waals surface area contributed by atoms with Crippen LogP contribution in [0.25, 0.3) is 0 Å². The summed E-state index contributed by atoms with van der Waals surface area (Å²) < 4.78 is 0.628. The Bertz CT molecular complexity index is 298. The fraction of sp³-hybridized carbons (Fsp3) is 0.500. The fourth-order valence-corrected chi connectivity index (χ4v) is 5.73. The highest BCUT2D eigenvalue weighted by atomic mass is 32.2. The molecule has 0 radical (unpaired) electrons. The maximum Gasteiger partial charge on any atom is 0.0661 e. The van der Waals surface area contributed by atoms with Gasteiger partial charge in [-0.15, -0.1) is 23.5 Å². The van der Waals surface area contributed by atoms with E-state index < -0.39 is 0 Å². The molecule has 2 N–H and O–H groups in total. The smallest absolute Gasteiger partial charge is 0.0661 e. The molecule has 0 bridgehead atoms. The van der Waals surface area contributed by atoms with Gasteiger partial charge in [-0.25, -0.2) is 0 Å². The molecular formula is C12H17NS3. The molecule has 1 aliphatic heterocycles. The van der Waals surface area contributed by atoms with E-state index in [2.05, 4.69) is 30.3 Å². The first-order chi connectivity index (χ1) is 7.86. The molecule has 1 aromatic carbocycles. The van der Waals surface area contributed by atoms with Crippen LogP contribution in [0.15, 0.2) is 30.3 Å². The first kappa shape index (κ1) is 12.7. The Morgan fingerprint density at radius 2 is 1.94 bits per heavy atom. The lowest BCUT2D eigenvalue weighted by atomic mass is 10.2. The average molecular weight is 271 g/mol. The van der Waals surface area contributed by atoms with Gasteiger partial charge in [0.15, 0.2) is 0 Å². The van der Waals surface area contributed by atoms with Gasteiger partial charge in [-0.3, -0.25) is 0 Å². The quantitative estimate of drug-likeness (QED) is 0.890. The lowest BCUT2D eigenvalue weighted by Crippen LogP contribution is -2.31. The van der Waals surface area contributed by atoms with Crippen LogP contribution in [0.1, 0.15) is 5.56 Å². The SMILES string of the molecule is N[C@H](CSCc1ccccc1)C1SCCS1. The van der Waals surface area contributed by atoms with E-state index in [1.165, 1.54) is 17.1 Å². The fourth-order valence-electron chi connectivity index (χ4n) is 1.59. The lowest BCUT2D eigenvalue weighted by molar-refractivity contribution is 0.833. The zero-order valence-corrected chi connectivity index (χ0v) is 11.6. The summed E-state index contributed by atoms with van der Waals surface area (Å²) in [6, 6.07) is 10.9. The zero-order chi connectivity index (χ0) is 11.2. The van der Waals surface area contributed by atoms with Crippen LogP contribution in [-0.2, 0) is 5.75 Å². The van der Waals surface area contributed by atoms with E-state index in [0.717, 1.165) is 11.5 Å². The zero-order valence-electron chi connectivity index (χ0n) is 9.17. The van der Waals surface area contributed by atoms with Gasteiger partial charge in [-0.05, 0) is 5.56 Å². The van der Waals surface area contributed by atoms with Gasteiger partial charge in [0.2, 0.25) is 0 Å². The summed E-state index contributed by atoms with van der Waals surface area (Å²) >= 11 is 5.99. The minimum absolute atomic E-state index is 0.339. The van der Waals surface area contributed by atoms with Gasteiger partial charge in [0.1, 0.15) is 0 Å². The van der Waals surface area contributed by atoms with E-state index in [-0.39, 0.29) is 0 Å². The van der Waals surface area contributed by atoms with E-state index in [1.807, 2.05) is 35.3 Å². The van der Waals surface area contributed by atoms with Gasteiger partial charge in [-0.2, -0.15) is 11.8 Å². The molecule has 0 unspecified atom stereocenters. The molecule has 1 aliphatic rings. The molecule has 1 fully saturated rings. The van der Waals surface area contributed by atoms with Crippen LogP contribution in [0.5, 0.6) is 0 Å². The largest absolute Gasteiger partial charge is 0.325 e. The van der Waals surface area contributed by atoms with Crippen molar-refractivity contribution in [1.29, 1.82) is 0 Å². The Morgan fingerprint density at radius 1 is 1.25 bits per heavy atom.